The highest BCUT2D eigenvalue weighted by Gasteiger charge is 2.51. The fraction of sp³-hybridized carbons (Fsp3) is 0.900. The first kappa shape index (κ1) is 75.4. The van der Waals surface area contributed by atoms with Gasteiger partial charge in [-0.25, -0.2) is 0 Å². The molecule has 0 spiro atoms. The minimum Gasteiger partial charge on any atom is -0.481 e. The van der Waals surface area contributed by atoms with E-state index in [1.165, 1.54) is 42.4 Å². The van der Waals surface area contributed by atoms with Crippen molar-refractivity contribution >= 4 is 76.7 Å². The summed E-state index contributed by atoms with van der Waals surface area (Å²) in [7, 11) is 1.31. The van der Waals surface area contributed by atoms with Gasteiger partial charge in [0.15, 0.2) is 18.9 Å². The Labute approximate surface area is 508 Å². The molecule has 4 saturated heterocycles. The number of hydrogen-bond acceptors (Lipinski definition) is 30. The number of aliphatic carboxylic acids is 2. The molecule has 4 aliphatic rings. The second-order valence-electron chi connectivity index (χ2n) is 19.9. The lowest BCUT2D eigenvalue weighted by molar-refractivity contribution is -0.348. The van der Waals surface area contributed by atoms with Crippen LogP contribution in [0.1, 0.15) is 44.9 Å². The minimum atomic E-state index is -1.71. The Bertz CT molecular complexity index is 1930. The molecule has 31 nitrogen and oxygen atoms in total. The maximum atomic E-state index is 12.4. The van der Waals surface area contributed by atoms with E-state index in [-0.39, 0.29) is 69.6 Å². The monoisotopic (exact) mass is 1310 g/mol. The zero-order chi connectivity index (χ0) is 62.4. The zero-order valence-electron chi connectivity index (χ0n) is 47.1. The number of carbonyl (C=O) groups excluding carboxylic acids is 3. The van der Waals surface area contributed by atoms with E-state index in [2.05, 4.69) is 16.0 Å². The molecular formula is C50H87N3O28S4. The molecule has 4 aliphatic heterocycles. The Morgan fingerprint density at radius 2 is 0.788 bits per heavy atom. The average molecular weight is 1310 g/mol. The summed E-state index contributed by atoms with van der Waals surface area (Å²) >= 11 is 5.33. The van der Waals surface area contributed by atoms with E-state index in [0.29, 0.717) is 66.9 Å². The van der Waals surface area contributed by atoms with E-state index in [1.54, 1.807) is 0 Å². The predicted octanol–water partition coefficient (Wildman–Crippen LogP) is -5.86. The maximum Gasteiger partial charge on any atom is 0.303 e. The third-order valence-electron chi connectivity index (χ3n) is 13.5. The molecule has 20 atom stereocenters. The van der Waals surface area contributed by atoms with Crippen molar-refractivity contribution in [2.75, 3.05) is 113 Å². The van der Waals surface area contributed by atoms with Gasteiger partial charge in [0.2, 0.25) is 17.7 Å². The van der Waals surface area contributed by atoms with Gasteiger partial charge in [-0.1, -0.05) is 0 Å². The number of amides is 3. The van der Waals surface area contributed by atoms with Gasteiger partial charge in [-0.05, 0) is 36.5 Å². The molecule has 0 aliphatic carbocycles. The van der Waals surface area contributed by atoms with Gasteiger partial charge >= 0.3 is 11.9 Å². The van der Waals surface area contributed by atoms with Crippen LogP contribution in [0.25, 0.3) is 0 Å². The number of carboxylic acids is 2. The van der Waals surface area contributed by atoms with Crippen molar-refractivity contribution in [1.82, 2.24) is 16.0 Å². The second-order valence-corrected chi connectivity index (χ2v) is 24.7. The average Bonchev–Trinajstić information content (AvgIpc) is 3.63. The second kappa shape index (κ2) is 41.3. The van der Waals surface area contributed by atoms with Crippen LogP contribution in [0, 0.1) is 0 Å². The van der Waals surface area contributed by atoms with Crippen molar-refractivity contribution < 1.29 is 138 Å². The van der Waals surface area contributed by atoms with Gasteiger partial charge in [0.05, 0.1) is 45.0 Å². The number of rotatable bonds is 42. The number of hydrogen-bond donors (Lipinski definition) is 16. The van der Waals surface area contributed by atoms with Crippen LogP contribution in [0.4, 0.5) is 0 Å². The van der Waals surface area contributed by atoms with Crippen LogP contribution in [0.3, 0.4) is 0 Å². The lowest BCUT2D eigenvalue weighted by atomic mass is 9.97. The van der Waals surface area contributed by atoms with E-state index in [4.69, 9.17) is 57.6 Å². The Morgan fingerprint density at radius 1 is 0.424 bits per heavy atom. The summed E-state index contributed by atoms with van der Waals surface area (Å²) in [6.45, 7) is -1.31. The molecule has 4 heterocycles. The van der Waals surface area contributed by atoms with Crippen molar-refractivity contribution in [3.63, 3.8) is 0 Å². The molecule has 0 saturated carbocycles. The number of methoxy groups -OCH3 is 1. The first-order chi connectivity index (χ1) is 40.7. The first-order valence-corrected chi connectivity index (χ1v) is 32.4. The molecule has 35 heteroatoms. The smallest absolute Gasteiger partial charge is 0.303 e. The summed E-state index contributed by atoms with van der Waals surface area (Å²) in [5.41, 5.74) is -1.05. The Balaban J connectivity index is 1.30. The third kappa shape index (κ3) is 26.0. The summed E-state index contributed by atoms with van der Waals surface area (Å²) in [5, 5.41) is 142. The highest BCUT2D eigenvalue weighted by atomic mass is 32.2. The predicted molar refractivity (Wildman–Crippen MR) is 302 cm³/mol. The number of aliphatic hydroxyl groups excluding tert-OH is 11. The summed E-state index contributed by atoms with van der Waals surface area (Å²) in [4.78, 5) is 57.5. The van der Waals surface area contributed by atoms with Gasteiger partial charge in [-0.2, -0.15) is 35.3 Å². The molecule has 4 fully saturated rings. The summed E-state index contributed by atoms with van der Waals surface area (Å²) in [6, 6.07) is 0. The molecule has 0 aromatic carbocycles. The summed E-state index contributed by atoms with van der Waals surface area (Å²) < 4.78 is 58.8. The van der Waals surface area contributed by atoms with Crippen LogP contribution in [0.2, 0.25) is 0 Å². The molecule has 0 radical (unpaired) electrons. The molecule has 3 amide bonds. The third-order valence-corrected chi connectivity index (χ3v) is 17.8. The lowest BCUT2D eigenvalue weighted by Gasteiger charge is -2.45. The quantitative estimate of drug-likeness (QED) is 0.0253. The molecular weight excluding hydrogens is 1220 g/mol. The molecule has 0 aromatic rings. The molecule has 85 heavy (non-hydrogen) atoms. The normalized spacial score (nSPS) is 33.3. The van der Waals surface area contributed by atoms with E-state index in [1.807, 2.05) is 0 Å². The van der Waals surface area contributed by atoms with Crippen LogP contribution in [-0.2, 0) is 71.3 Å². The SMILES string of the molecule is CO[C@H]1O[C@H](CO[C@H]2O[C@H](CO[C@H]3O[C@H](CO)[C@@H](O)[C@H](O)[C@H]3OCCCSCCNC(=O)CS[C@H]3OC(CO)[C@@H](O)[C@H](O)C3O)[C@@H](O)[C@H](O)[C@H]2OCCCSCCNC(=O)CCC(=O)O)[C@@H](O)[C@H](O)[C@H]1OCCCSCCNC(=O)CCC(=O)O. The Hall–Kier alpha value is -2.09. The Kier molecular flexibility index (Phi) is 36.6. The van der Waals surface area contributed by atoms with E-state index >= 15 is 0 Å². The first-order valence-electron chi connectivity index (χ1n) is 27.9. The van der Waals surface area contributed by atoms with Crippen LogP contribution < -0.4 is 16.0 Å². The van der Waals surface area contributed by atoms with Gasteiger partial charge in [-0.3, -0.25) is 24.0 Å². The van der Waals surface area contributed by atoms with E-state index in [0.717, 1.165) is 11.8 Å². The maximum absolute atomic E-state index is 12.4. The zero-order valence-corrected chi connectivity index (χ0v) is 50.4. The molecule has 494 valence electrons. The highest BCUT2D eigenvalue weighted by Crippen LogP contribution is 2.32. The van der Waals surface area contributed by atoms with Gasteiger partial charge in [0.25, 0.3) is 0 Å². The van der Waals surface area contributed by atoms with Gasteiger partial charge in [-0.15, -0.1) is 11.8 Å². The van der Waals surface area contributed by atoms with Crippen molar-refractivity contribution in [2.45, 2.75) is 167 Å². The number of carbonyl (C=O) groups is 5. The summed E-state index contributed by atoms with van der Waals surface area (Å²) in [5.74, 6) is -0.237. The largest absolute Gasteiger partial charge is 0.481 e. The minimum absolute atomic E-state index is 0.00959. The fourth-order valence-corrected chi connectivity index (χ4v) is 12.1. The number of carboxylic acid groups (broad SMARTS) is 2. The number of ether oxygens (including phenoxy) is 10. The Morgan fingerprint density at radius 3 is 1.20 bits per heavy atom. The van der Waals surface area contributed by atoms with Gasteiger partial charge in [0.1, 0.15) is 103 Å². The van der Waals surface area contributed by atoms with Crippen LogP contribution in [0.15, 0.2) is 0 Å². The van der Waals surface area contributed by atoms with Crippen molar-refractivity contribution in [1.29, 1.82) is 0 Å². The van der Waals surface area contributed by atoms with Gasteiger partial charge in [0, 0.05) is 76.7 Å². The lowest BCUT2D eigenvalue weighted by Crippen LogP contribution is -2.63. The molecule has 0 aromatic heterocycles. The number of thioether (sulfide) groups is 4. The van der Waals surface area contributed by atoms with Crippen LogP contribution in [-0.4, -0.2) is 331 Å². The van der Waals surface area contributed by atoms with Crippen molar-refractivity contribution in [2.24, 2.45) is 0 Å². The fourth-order valence-electron chi connectivity index (χ4n) is 8.78. The topological polar surface area (TPSA) is 477 Å². The van der Waals surface area contributed by atoms with Crippen LogP contribution >= 0.6 is 47.0 Å². The van der Waals surface area contributed by atoms with Gasteiger partial charge < -0.3 is 130 Å². The number of nitrogens with one attached hydrogen (secondary N) is 3. The molecule has 4 rings (SSSR count). The van der Waals surface area contributed by atoms with Crippen molar-refractivity contribution in [3.05, 3.63) is 0 Å². The number of aliphatic hydroxyl groups is 11. The molecule has 0 bridgehead atoms. The van der Waals surface area contributed by atoms with Crippen LogP contribution in [0.5, 0.6) is 0 Å². The molecule has 2 unspecified atom stereocenters. The summed E-state index contributed by atoms with van der Waals surface area (Å²) in [6.07, 6.45) is -27.0. The van der Waals surface area contributed by atoms with Crippen molar-refractivity contribution in [3.8, 4) is 0 Å². The standard InChI is InChI=1S/C50H87N3O28S4/c1-72-47-44(73-12-2-15-82-18-9-51-30(56)5-7-33(59)60)41(69)37(65)28(79-47)23-77-49-46(75-14-4-16-83-19-10-52-31(57)6-8-34(61)62)42(70)38(66)29(80-49)24-76-48-45(40(68)36(64)26(21-54)78-48)74-13-3-17-84-20-11-53-32(58)25-85-50-43(71)39(67)35(63)27(22-55)81-50/h26-29,35-50,54-55,63-71H,2-25H2,1H3,(H,51,56)(H,52,57)(H,53,58)(H,59,60)(H,61,62)/t26-,27?,28-,29-,35-,36-,37-,38-,39+,40+,41+,42+,43?,44-,45-,46-,47+,48+,49+,50-/m1/s1. The van der Waals surface area contributed by atoms with E-state index < -0.39 is 166 Å². The molecule has 16 N–H and O–H groups in total. The van der Waals surface area contributed by atoms with E-state index in [9.17, 15) is 80.1 Å². The highest BCUT2D eigenvalue weighted by molar-refractivity contribution is 8.00.